The second-order valence-electron chi connectivity index (χ2n) is 4.93. The third-order valence-corrected chi connectivity index (χ3v) is 3.56. The lowest BCUT2D eigenvalue weighted by molar-refractivity contribution is -0.385. The molecule has 0 bridgehead atoms. The van der Waals surface area contributed by atoms with E-state index in [4.69, 9.17) is 0 Å². The highest BCUT2D eigenvalue weighted by molar-refractivity contribution is 5.98. The molecule has 0 spiro atoms. The van der Waals surface area contributed by atoms with Gasteiger partial charge in [0.2, 0.25) is 0 Å². The van der Waals surface area contributed by atoms with E-state index in [9.17, 15) is 24.8 Å². The molecule has 1 atom stereocenters. The number of nitrogens with zero attached hydrogens (tertiary/aromatic N) is 3. The number of amides is 1. The SMILES string of the molecule is Cc1ncc([N+](=O)[O-])cc1C(=O)N1CCCCC1C(=O)O. The Morgan fingerprint density at radius 3 is 2.81 bits per heavy atom. The Morgan fingerprint density at radius 1 is 1.48 bits per heavy atom. The first kappa shape index (κ1) is 14.9. The highest BCUT2D eigenvalue weighted by atomic mass is 16.6. The van der Waals surface area contributed by atoms with Crippen LogP contribution >= 0.6 is 0 Å². The molecule has 1 aromatic rings. The molecule has 1 aliphatic heterocycles. The fourth-order valence-corrected chi connectivity index (χ4v) is 2.42. The van der Waals surface area contributed by atoms with Crippen molar-refractivity contribution in [3.63, 3.8) is 0 Å². The van der Waals surface area contributed by atoms with Gasteiger partial charge in [0.25, 0.3) is 11.6 Å². The Balaban J connectivity index is 2.36. The number of carbonyl (C=O) groups excluding carboxylic acids is 1. The number of hydrogen-bond donors (Lipinski definition) is 1. The van der Waals surface area contributed by atoms with Gasteiger partial charge in [-0.3, -0.25) is 19.9 Å². The molecular weight excluding hydrogens is 278 g/mol. The molecule has 0 aliphatic carbocycles. The van der Waals surface area contributed by atoms with Crippen molar-refractivity contribution in [3.05, 3.63) is 33.6 Å². The van der Waals surface area contributed by atoms with Crippen LogP contribution in [-0.4, -0.2) is 44.4 Å². The van der Waals surface area contributed by atoms with Crippen LogP contribution in [0.1, 0.15) is 35.3 Å². The van der Waals surface area contributed by atoms with Crippen molar-refractivity contribution in [1.82, 2.24) is 9.88 Å². The van der Waals surface area contributed by atoms with Crippen molar-refractivity contribution in [3.8, 4) is 0 Å². The number of aryl methyl sites for hydroxylation is 1. The molecule has 1 amide bonds. The maximum absolute atomic E-state index is 12.5. The predicted molar refractivity (Wildman–Crippen MR) is 71.9 cm³/mol. The molecule has 1 N–H and O–H groups in total. The highest BCUT2D eigenvalue weighted by Gasteiger charge is 2.33. The third-order valence-electron chi connectivity index (χ3n) is 3.56. The van der Waals surface area contributed by atoms with E-state index in [0.717, 1.165) is 25.1 Å². The Hall–Kier alpha value is -2.51. The Labute approximate surface area is 120 Å². The van der Waals surface area contributed by atoms with Gasteiger partial charge in [-0.05, 0) is 26.2 Å². The third kappa shape index (κ3) is 2.99. The summed E-state index contributed by atoms with van der Waals surface area (Å²) in [7, 11) is 0. The normalized spacial score (nSPS) is 18.3. The van der Waals surface area contributed by atoms with Gasteiger partial charge in [0.05, 0.1) is 16.2 Å². The van der Waals surface area contributed by atoms with E-state index in [-0.39, 0.29) is 11.3 Å². The average molecular weight is 293 g/mol. The fraction of sp³-hybridized carbons (Fsp3) is 0.462. The summed E-state index contributed by atoms with van der Waals surface area (Å²) in [6, 6.07) is 0.267. The molecule has 1 unspecified atom stereocenters. The number of rotatable bonds is 3. The minimum atomic E-state index is -1.06. The van der Waals surface area contributed by atoms with Crippen molar-refractivity contribution in [2.75, 3.05) is 6.54 Å². The second-order valence-corrected chi connectivity index (χ2v) is 4.93. The largest absolute Gasteiger partial charge is 0.480 e. The zero-order valence-electron chi connectivity index (χ0n) is 11.5. The minimum Gasteiger partial charge on any atom is -0.480 e. The van der Waals surface area contributed by atoms with Crippen molar-refractivity contribution in [2.45, 2.75) is 32.2 Å². The zero-order valence-corrected chi connectivity index (χ0v) is 11.5. The van der Waals surface area contributed by atoms with Gasteiger partial charge < -0.3 is 10.0 Å². The molecule has 2 heterocycles. The maximum atomic E-state index is 12.5. The van der Waals surface area contributed by atoms with Crippen molar-refractivity contribution >= 4 is 17.6 Å². The number of pyridine rings is 1. The van der Waals surface area contributed by atoms with E-state index < -0.39 is 22.8 Å². The van der Waals surface area contributed by atoms with Crippen LogP contribution in [0.15, 0.2) is 12.3 Å². The van der Waals surface area contributed by atoms with Crippen LogP contribution in [0, 0.1) is 17.0 Å². The molecule has 8 heteroatoms. The summed E-state index contributed by atoms with van der Waals surface area (Å²) in [5, 5.41) is 20.0. The molecule has 1 aromatic heterocycles. The first-order valence-electron chi connectivity index (χ1n) is 6.56. The van der Waals surface area contributed by atoms with E-state index in [1.165, 1.54) is 4.90 Å². The summed E-state index contributed by atoms with van der Waals surface area (Å²) < 4.78 is 0. The van der Waals surface area contributed by atoms with Crippen molar-refractivity contribution in [1.29, 1.82) is 0 Å². The molecule has 1 aliphatic rings. The highest BCUT2D eigenvalue weighted by Crippen LogP contribution is 2.22. The van der Waals surface area contributed by atoms with Gasteiger partial charge >= 0.3 is 5.97 Å². The van der Waals surface area contributed by atoms with Gasteiger partial charge in [-0.2, -0.15) is 0 Å². The molecule has 0 aromatic carbocycles. The molecule has 0 saturated carbocycles. The minimum absolute atomic E-state index is 0.0809. The molecule has 112 valence electrons. The van der Waals surface area contributed by atoms with E-state index in [1.807, 2.05) is 0 Å². The second kappa shape index (κ2) is 5.86. The summed E-state index contributed by atoms with van der Waals surface area (Å²) in [6.07, 6.45) is 2.93. The van der Waals surface area contributed by atoms with Crippen LogP contribution in [0.3, 0.4) is 0 Å². The number of carboxylic acid groups (broad SMARTS) is 1. The lowest BCUT2D eigenvalue weighted by atomic mass is 10.0. The molecule has 1 saturated heterocycles. The zero-order chi connectivity index (χ0) is 15.6. The molecule has 0 radical (unpaired) electrons. The van der Waals surface area contributed by atoms with Crippen LogP contribution in [0.5, 0.6) is 0 Å². The van der Waals surface area contributed by atoms with E-state index in [0.29, 0.717) is 18.7 Å². The van der Waals surface area contributed by atoms with Gasteiger partial charge in [-0.15, -0.1) is 0 Å². The van der Waals surface area contributed by atoms with E-state index in [2.05, 4.69) is 4.98 Å². The summed E-state index contributed by atoms with van der Waals surface area (Å²) in [6.45, 7) is 1.90. The van der Waals surface area contributed by atoms with Crippen molar-refractivity contribution < 1.29 is 19.6 Å². The lowest BCUT2D eigenvalue weighted by Crippen LogP contribution is -2.48. The van der Waals surface area contributed by atoms with Gasteiger partial charge in [-0.25, -0.2) is 4.79 Å². The Bertz CT molecular complexity index is 601. The average Bonchev–Trinajstić information content (AvgIpc) is 2.46. The van der Waals surface area contributed by atoms with Crippen LogP contribution in [0.25, 0.3) is 0 Å². The standard InChI is InChI=1S/C13H15N3O5/c1-8-10(6-9(7-14-8)16(20)21)12(17)15-5-3-2-4-11(15)13(18)19/h6-7,11H,2-5H2,1H3,(H,18,19). The number of aromatic nitrogens is 1. The maximum Gasteiger partial charge on any atom is 0.326 e. The summed E-state index contributed by atoms with van der Waals surface area (Å²) in [5.41, 5.74) is 0.144. The topological polar surface area (TPSA) is 114 Å². The Kier molecular flexibility index (Phi) is 4.15. The Morgan fingerprint density at radius 2 is 2.19 bits per heavy atom. The summed E-state index contributed by atoms with van der Waals surface area (Å²) in [5.74, 6) is -1.57. The quantitative estimate of drug-likeness (QED) is 0.665. The number of hydrogen-bond acceptors (Lipinski definition) is 5. The first-order valence-corrected chi connectivity index (χ1v) is 6.56. The number of aliphatic carboxylic acids is 1. The van der Waals surface area contributed by atoms with Gasteiger partial charge in [-0.1, -0.05) is 0 Å². The molecule has 21 heavy (non-hydrogen) atoms. The van der Waals surface area contributed by atoms with Crippen molar-refractivity contribution in [2.24, 2.45) is 0 Å². The summed E-state index contributed by atoms with van der Waals surface area (Å²) in [4.78, 5) is 39.0. The van der Waals surface area contributed by atoms with Crippen LogP contribution in [0.4, 0.5) is 5.69 Å². The molecular formula is C13H15N3O5. The molecule has 2 rings (SSSR count). The van der Waals surface area contributed by atoms with E-state index >= 15 is 0 Å². The number of nitro groups is 1. The number of carbonyl (C=O) groups is 2. The van der Waals surface area contributed by atoms with E-state index in [1.54, 1.807) is 6.92 Å². The monoisotopic (exact) mass is 293 g/mol. The number of piperidine rings is 1. The smallest absolute Gasteiger partial charge is 0.326 e. The van der Waals surface area contributed by atoms with Crippen LogP contribution < -0.4 is 0 Å². The number of carboxylic acids is 1. The first-order chi connectivity index (χ1) is 9.91. The van der Waals surface area contributed by atoms with Crippen LogP contribution in [0.2, 0.25) is 0 Å². The number of likely N-dealkylation sites (tertiary alicyclic amines) is 1. The van der Waals surface area contributed by atoms with Gasteiger partial charge in [0, 0.05) is 12.6 Å². The lowest BCUT2D eigenvalue weighted by Gasteiger charge is -2.33. The summed E-state index contributed by atoms with van der Waals surface area (Å²) >= 11 is 0. The molecule has 8 nitrogen and oxygen atoms in total. The fourth-order valence-electron chi connectivity index (χ4n) is 2.42. The van der Waals surface area contributed by atoms with Crippen LogP contribution in [-0.2, 0) is 4.79 Å². The van der Waals surface area contributed by atoms with Gasteiger partial charge in [0.15, 0.2) is 0 Å². The predicted octanol–water partition coefficient (Wildman–Crippen LogP) is 1.38. The van der Waals surface area contributed by atoms with Gasteiger partial charge in [0.1, 0.15) is 12.2 Å². The molecule has 1 fully saturated rings.